The van der Waals surface area contributed by atoms with Crippen molar-refractivity contribution in [2.45, 2.75) is 31.9 Å². The highest BCUT2D eigenvalue weighted by molar-refractivity contribution is 6.06. The maximum absolute atomic E-state index is 14.4. The number of nitrogens with one attached hydrogen (secondary N) is 3. The number of halogens is 1. The SMILES string of the molecule is COc1c(F)cccc1Nc1c(-c2ccncc2OC[C@H]2CCO2)[nH]c2c1C(=O)N[C@H](C)C2. The Hall–Kier alpha value is -3.59. The fourth-order valence-electron chi connectivity index (χ4n) is 4.19. The summed E-state index contributed by atoms with van der Waals surface area (Å²) in [4.78, 5) is 20.6. The summed E-state index contributed by atoms with van der Waals surface area (Å²) in [5.74, 6) is -0.0749. The normalized spacial score (nSPS) is 19.3. The summed E-state index contributed by atoms with van der Waals surface area (Å²) in [5, 5.41) is 6.21. The lowest BCUT2D eigenvalue weighted by atomic mass is 10.0. The van der Waals surface area contributed by atoms with Gasteiger partial charge >= 0.3 is 0 Å². The van der Waals surface area contributed by atoms with E-state index < -0.39 is 5.82 Å². The maximum atomic E-state index is 14.4. The third kappa shape index (κ3) is 4.00. The number of fused-ring (bicyclic) bond motifs is 1. The Kier molecular flexibility index (Phi) is 5.63. The van der Waals surface area contributed by atoms with Gasteiger partial charge in [-0.1, -0.05) is 6.07 Å². The summed E-state index contributed by atoms with van der Waals surface area (Å²) < 4.78 is 31.1. The lowest BCUT2D eigenvalue weighted by Crippen LogP contribution is -2.39. The fraction of sp³-hybridized carbons (Fsp3) is 0.333. The van der Waals surface area contributed by atoms with E-state index in [4.69, 9.17) is 14.2 Å². The molecular weight excluding hydrogens is 427 g/mol. The quantitative estimate of drug-likeness (QED) is 0.504. The minimum absolute atomic E-state index is 0.0167. The average molecular weight is 452 g/mol. The molecule has 9 heteroatoms. The van der Waals surface area contributed by atoms with Gasteiger partial charge in [0.05, 0.1) is 42.0 Å². The molecule has 1 fully saturated rings. The molecule has 3 aromatic rings. The van der Waals surface area contributed by atoms with Crippen LogP contribution in [0.3, 0.4) is 0 Å². The molecule has 1 amide bonds. The zero-order chi connectivity index (χ0) is 22.9. The number of ether oxygens (including phenoxy) is 3. The lowest BCUT2D eigenvalue weighted by molar-refractivity contribution is -0.0720. The first-order valence-electron chi connectivity index (χ1n) is 10.9. The van der Waals surface area contributed by atoms with Crippen LogP contribution in [-0.4, -0.2) is 48.3 Å². The molecular formula is C24H25FN4O4. The molecule has 33 heavy (non-hydrogen) atoms. The molecule has 0 unspecified atom stereocenters. The largest absolute Gasteiger partial charge is 0.492 e. The molecule has 2 atom stereocenters. The van der Waals surface area contributed by atoms with Gasteiger partial charge in [-0.15, -0.1) is 0 Å². The standard InChI is InChI=1S/C24H25FN4O4/c1-13-10-18-20(24(30)27-13)22(28-17-5-3-4-16(25)23(17)31-2)21(29-18)15-6-8-26-11-19(15)33-12-14-7-9-32-14/h3-6,8,11,13-14,28-29H,7,9-10,12H2,1-2H3,(H,27,30)/t13-,14-/m1/s1. The Balaban J connectivity index is 1.61. The van der Waals surface area contributed by atoms with Crippen LogP contribution in [0, 0.1) is 5.82 Å². The van der Waals surface area contributed by atoms with Crippen molar-refractivity contribution in [3.05, 3.63) is 53.7 Å². The molecule has 2 aliphatic rings. The van der Waals surface area contributed by atoms with Crippen LogP contribution in [0.25, 0.3) is 11.3 Å². The van der Waals surface area contributed by atoms with E-state index in [2.05, 4.69) is 20.6 Å². The zero-order valence-electron chi connectivity index (χ0n) is 18.4. The van der Waals surface area contributed by atoms with Gasteiger partial charge in [-0.2, -0.15) is 0 Å². The van der Waals surface area contributed by atoms with Gasteiger partial charge < -0.3 is 29.8 Å². The summed E-state index contributed by atoms with van der Waals surface area (Å²) in [6.07, 6.45) is 4.96. The minimum Gasteiger partial charge on any atom is -0.492 e. The Morgan fingerprint density at radius 2 is 2.18 bits per heavy atom. The number of amides is 1. The number of carbonyl (C=O) groups excluding carboxylic acids is 1. The predicted molar refractivity (Wildman–Crippen MR) is 121 cm³/mol. The van der Waals surface area contributed by atoms with E-state index in [-0.39, 0.29) is 23.8 Å². The van der Waals surface area contributed by atoms with Crippen molar-refractivity contribution < 1.29 is 23.4 Å². The van der Waals surface area contributed by atoms with Crippen molar-refractivity contribution in [1.82, 2.24) is 15.3 Å². The van der Waals surface area contributed by atoms with Crippen molar-refractivity contribution in [2.75, 3.05) is 25.6 Å². The van der Waals surface area contributed by atoms with E-state index >= 15 is 0 Å². The zero-order valence-corrected chi connectivity index (χ0v) is 18.4. The number of carbonyl (C=O) groups is 1. The molecule has 0 aliphatic carbocycles. The van der Waals surface area contributed by atoms with E-state index in [0.717, 1.165) is 24.3 Å². The van der Waals surface area contributed by atoms with Crippen LogP contribution in [-0.2, 0) is 11.2 Å². The molecule has 2 aromatic heterocycles. The number of aromatic nitrogens is 2. The molecule has 0 saturated carbocycles. The number of methoxy groups -OCH3 is 1. The molecule has 8 nitrogen and oxygen atoms in total. The first-order chi connectivity index (χ1) is 16.0. The third-order valence-corrected chi connectivity index (χ3v) is 5.90. The van der Waals surface area contributed by atoms with Crippen molar-refractivity contribution in [3.8, 4) is 22.8 Å². The van der Waals surface area contributed by atoms with E-state index in [0.29, 0.717) is 41.4 Å². The van der Waals surface area contributed by atoms with Crippen LogP contribution >= 0.6 is 0 Å². The first kappa shape index (κ1) is 21.3. The van der Waals surface area contributed by atoms with Crippen LogP contribution in [0.1, 0.15) is 29.4 Å². The molecule has 172 valence electrons. The smallest absolute Gasteiger partial charge is 0.255 e. The highest BCUT2D eigenvalue weighted by Crippen LogP contribution is 2.42. The number of hydrogen-bond acceptors (Lipinski definition) is 6. The average Bonchev–Trinajstić information content (AvgIpc) is 3.11. The van der Waals surface area contributed by atoms with E-state index in [9.17, 15) is 9.18 Å². The van der Waals surface area contributed by atoms with Crippen LogP contribution < -0.4 is 20.1 Å². The Morgan fingerprint density at radius 1 is 1.33 bits per heavy atom. The monoisotopic (exact) mass is 452 g/mol. The molecule has 1 aromatic carbocycles. The van der Waals surface area contributed by atoms with Crippen LogP contribution in [0.2, 0.25) is 0 Å². The molecule has 0 radical (unpaired) electrons. The number of H-pyrrole nitrogens is 1. The fourth-order valence-corrected chi connectivity index (χ4v) is 4.19. The van der Waals surface area contributed by atoms with Crippen LogP contribution in [0.4, 0.5) is 15.8 Å². The van der Waals surface area contributed by atoms with Gasteiger partial charge in [-0.25, -0.2) is 4.39 Å². The Morgan fingerprint density at radius 3 is 2.94 bits per heavy atom. The number of benzene rings is 1. The number of para-hydroxylation sites is 1. The van der Waals surface area contributed by atoms with E-state index in [1.807, 2.05) is 13.0 Å². The second kappa shape index (κ2) is 8.74. The summed E-state index contributed by atoms with van der Waals surface area (Å²) >= 11 is 0. The third-order valence-electron chi connectivity index (χ3n) is 5.90. The van der Waals surface area contributed by atoms with Crippen LogP contribution in [0.15, 0.2) is 36.7 Å². The van der Waals surface area contributed by atoms with Gasteiger partial charge in [0, 0.05) is 42.9 Å². The number of rotatable bonds is 7. The number of hydrogen-bond donors (Lipinski definition) is 3. The minimum atomic E-state index is -0.500. The lowest BCUT2D eigenvalue weighted by Gasteiger charge is -2.26. The van der Waals surface area contributed by atoms with Crippen molar-refractivity contribution in [3.63, 3.8) is 0 Å². The number of anilines is 2. The second-order valence-electron chi connectivity index (χ2n) is 8.22. The highest BCUT2D eigenvalue weighted by Gasteiger charge is 2.31. The molecule has 5 rings (SSSR count). The van der Waals surface area contributed by atoms with E-state index in [1.54, 1.807) is 24.5 Å². The Labute approximate surface area is 190 Å². The predicted octanol–water partition coefficient (Wildman–Crippen LogP) is 3.81. The van der Waals surface area contributed by atoms with Crippen LogP contribution in [0.5, 0.6) is 11.5 Å². The van der Waals surface area contributed by atoms with Gasteiger partial charge in [0.2, 0.25) is 0 Å². The van der Waals surface area contributed by atoms with Crippen molar-refractivity contribution in [1.29, 1.82) is 0 Å². The molecule has 2 aliphatic heterocycles. The Bertz CT molecular complexity index is 1190. The van der Waals surface area contributed by atoms with Gasteiger partial charge in [0.25, 0.3) is 5.91 Å². The van der Waals surface area contributed by atoms with E-state index in [1.165, 1.54) is 13.2 Å². The number of pyridine rings is 1. The second-order valence-corrected chi connectivity index (χ2v) is 8.22. The molecule has 3 N–H and O–H groups in total. The molecule has 0 spiro atoms. The molecule has 1 saturated heterocycles. The van der Waals surface area contributed by atoms with Crippen molar-refractivity contribution >= 4 is 17.3 Å². The number of aromatic amines is 1. The van der Waals surface area contributed by atoms with Crippen molar-refractivity contribution in [2.24, 2.45) is 0 Å². The summed E-state index contributed by atoms with van der Waals surface area (Å²) in [6.45, 7) is 3.11. The van der Waals surface area contributed by atoms with Gasteiger partial charge in [-0.3, -0.25) is 9.78 Å². The van der Waals surface area contributed by atoms with Gasteiger partial charge in [-0.05, 0) is 25.1 Å². The number of nitrogens with zero attached hydrogens (tertiary/aromatic N) is 1. The highest BCUT2D eigenvalue weighted by atomic mass is 19.1. The van der Waals surface area contributed by atoms with Gasteiger partial charge in [0.1, 0.15) is 12.4 Å². The summed E-state index contributed by atoms with van der Waals surface area (Å²) in [6, 6.07) is 6.41. The molecule has 0 bridgehead atoms. The molecule has 4 heterocycles. The summed E-state index contributed by atoms with van der Waals surface area (Å²) in [5.41, 5.74) is 3.60. The topological polar surface area (TPSA) is 97.5 Å². The van der Waals surface area contributed by atoms with Gasteiger partial charge in [0.15, 0.2) is 11.6 Å². The summed E-state index contributed by atoms with van der Waals surface area (Å²) in [7, 11) is 1.41. The first-order valence-corrected chi connectivity index (χ1v) is 10.9. The maximum Gasteiger partial charge on any atom is 0.255 e.